The second kappa shape index (κ2) is 9.93. The summed E-state index contributed by atoms with van der Waals surface area (Å²) in [5, 5.41) is 3.26. The van der Waals surface area contributed by atoms with Crippen LogP contribution in [0.5, 0.6) is 0 Å². The third-order valence-corrected chi connectivity index (χ3v) is 5.03. The Hall–Kier alpha value is -0.0700. The van der Waals surface area contributed by atoms with E-state index in [9.17, 15) is 4.79 Å². The summed E-state index contributed by atoms with van der Waals surface area (Å²) in [4.78, 5) is 14.9. The predicted octanol–water partition coefficient (Wildman–Crippen LogP) is 1.57. The standard InChI is InChI=1S/C15H29N3O2.2ClH/c1-18(2)13-5-3-4-12(10-13)17-14(19)15(11-16)6-8-20-9-7-15;;/h12-13H,3-11,16H2,1-2H3,(H,17,19);2*1H. The van der Waals surface area contributed by atoms with Crippen LogP contribution in [0.3, 0.4) is 0 Å². The molecule has 132 valence electrons. The molecule has 2 fully saturated rings. The number of hydrogen-bond acceptors (Lipinski definition) is 4. The van der Waals surface area contributed by atoms with Crippen molar-refractivity contribution in [3.05, 3.63) is 0 Å². The van der Waals surface area contributed by atoms with Crippen LogP contribution in [0.2, 0.25) is 0 Å². The van der Waals surface area contributed by atoms with Crippen molar-refractivity contribution in [1.29, 1.82) is 0 Å². The van der Waals surface area contributed by atoms with Gasteiger partial charge < -0.3 is 20.7 Å². The van der Waals surface area contributed by atoms with Gasteiger partial charge >= 0.3 is 0 Å². The predicted molar refractivity (Wildman–Crippen MR) is 93.9 cm³/mol. The third-order valence-electron chi connectivity index (χ3n) is 5.03. The Morgan fingerprint density at radius 1 is 1.27 bits per heavy atom. The number of ether oxygens (including phenoxy) is 1. The number of rotatable bonds is 4. The van der Waals surface area contributed by atoms with Crippen LogP contribution in [0.1, 0.15) is 38.5 Å². The molecule has 0 radical (unpaired) electrons. The Kier molecular flexibility index (Phi) is 9.90. The summed E-state index contributed by atoms with van der Waals surface area (Å²) in [5.74, 6) is 0.146. The fourth-order valence-electron chi connectivity index (χ4n) is 3.39. The molecule has 22 heavy (non-hydrogen) atoms. The van der Waals surface area contributed by atoms with Gasteiger partial charge in [0.05, 0.1) is 5.41 Å². The Morgan fingerprint density at radius 3 is 2.45 bits per heavy atom. The van der Waals surface area contributed by atoms with Gasteiger partial charge in [-0.05, 0) is 52.6 Å². The zero-order valence-corrected chi connectivity index (χ0v) is 15.3. The van der Waals surface area contributed by atoms with Gasteiger partial charge in [0.15, 0.2) is 0 Å². The molecule has 1 saturated heterocycles. The normalized spacial score (nSPS) is 27.5. The van der Waals surface area contributed by atoms with Crippen molar-refractivity contribution in [2.45, 2.75) is 50.6 Å². The Bertz CT molecular complexity index is 337. The third kappa shape index (κ3) is 5.24. The van der Waals surface area contributed by atoms with E-state index in [-0.39, 0.29) is 30.7 Å². The molecule has 0 bridgehead atoms. The molecule has 0 aromatic heterocycles. The SMILES string of the molecule is CN(C)C1CCCC(NC(=O)C2(CN)CCOCC2)C1.Cl.Cl. The quantitative estimate of drug-likeness (QED) is 0.803. The van der Waals surface area contributed by atoms with Gasteiger partial charge in [0.1, 0.15) is 0 Å². The maximum atomic E-state index is 12.6. The average molecular weight is 356 g/mol. The minimum atomic E-state index is -0.399. The lowest BCUT2D eigenvalue weighted by molar-refractivity contribution is -0.137. The van der Waals surface area contributed by atoms with Crippen molar-refractivity contribution in [2.75, 3.05) is 33.9 Å². The minimum absolute atomic E-state index is 0. The fourth-order valence-corrected chi connectivity index (χ4v) is 3.39. The molecule has 1 saturated carbocycles. The van der Waals surface area contributed by atoms with E-state index < -0.39 is 5.41 Å². The van der Waals surface area contributed by atoms with Crippen molar-refractivity contribution in [1.82, 2.24) is 10.2 Å². The zero-order valence-electron chi connectivity index (χ0n) is 13.7. The number of carbonyl (C=O) groups is 1. The summed E-state index contributed by atoms with van der Waals surface area (Å²) >= 11 is 0. The second-order valence-electron chi connectivity index (χ2n) is 6.55. The molecule has 5 nitrogen and oxygen atoms in total. The van der Waals surface area contributed by atoms with Gasteiger partial charge in [0.25, 0.3) is 0 Å². The van der Waals surface area contributed by atoms with Crippen LogP contribution < -0.4 is 11.1 Å². The van der Waals surface area contributed by atoms with E-state index in [4.69, 9.17) is 10.5 Å². The number of halogens is 2. The van der Waals surface area contributed by atoms with Crippen LogP contribution in [0, 0.1) is 5.41 Å². The lowest BCUT2D eigenvalue weighted by Crippen LogP contribution is -2.53. The maximum Gasteiger partial charge on any atom is 0.227 e. The van der Waals surface area contributed by atoms with Crippen LogP contribution in [-0.2, 0) is 9.53 Å². The highest BCUT2D eigenvalue weighted by molar-refractivity contribution is 5.85. The number of carbonyl (C=O) groups excluding carboxylic acids is 1. The van der Waals surface area contributed by atoms with Crippen molar-refractivity contribution in [3.8, 4) is 0 Å². The summed E-state index contributed by atoms with van der Waals surface area (Å²) in [5.41, 5.74) is 5.50. The molecular formula is C15H31Cl2N3O2. The van der Waals surface area contributed by atoms with Gasteiger partial charge in [0.2, 0.25) is 5.91 Å². The number of nitrogens with two attached hydrogens (primary N) is 1. The van der Waals surface area contributed by atoms with Gasteiger partial charge in [0, 0.05) is 31.8 Å². The molecule has 2 rings (SSSR count). The molecule has 1 aliphatic carbocycles. The first-order chi connectivity index (χ1) is 9.57. The summed E-state index contributed by atoms with van der Waals surface area (Å²) in [6.07, 6.45) is 6.06. The number of amides is 1. The molecule has 1 amide bonds. The average Bonchev–Trinajstić information content (AvgIpc) is 2.48. The Labute approximate surface area is 146 Å². The van der Waals surface area contributed by atoms with E-state index in [2.05, 4.69) is 24.3 Å². The topological polar surface area (TPSA) is 67.6 Å². The van der Waals surface area contributed by atoms with Crippen LogP contribution in [0.15, 0.2) is 0 Å². The Balaban J connectivity index is 0.00000220. The summed E-state index contributed by atoms with van der Waals surface area (Å²) in [7, 11) is 4.24. The molecule has 0 aromatic rings. The monoisotopic (exact) mass is 355 g/mol. The second-order valence-corrected chi connectivity index (χ2v) is 6.55. The number of nitrogens with one attached hydrogen (secondary N) is 1. The van der Waals surface area contributed by atoms with E-state index in [1.807, 2.05) is 0 Å². The summed E-state index contributed by atoms with van der Waals surface area (Å²) in [6, 6.07) is 0.882. The van der Waals surface area contributed by atoms with Crippen molar-refractivity contribution in [2.24, 2.45) is 11.1 Å². The largest absolute Gasteiger partial charge is 0.381 e. The fraction of sp³-hybridized carbons (Fsp3) is 0.933. The van der Waals surface area contributed by atoms with Gasteiger partial charge in [-0.25, -0.2) is 0 Å². The van der Waals surface area contributed by atoms with E-state index in [0.717, 1.165) is 25.7 Å². The highest BCUT2D eigenvalue weighted by atomic mass is 35.5. The molecule has 2 unspecified atom stereocenters. The molecule has 1 aliphatic heterocycles. The molecule has 7 heteroatoms. The van der Waals surface area contributed by atoms with E-state index in [1.165, 1.54) is 12.8 Å². The lowest BCUT2D eigenvalue weighted by atomic mass is 9.78. The van der Waals surface area contributed by atoms with Crippen LogP contribution in [-0.4, -0.2) is 56.7 Å². The zero-order chi connectivity index (χ0) is 14.6. The van der Waals surface area contributed by atoms with Crippen molar-refractivity contribution >= 4 is 30.7 Å². The van der Waals surface area contributed by atoms with E-state index in [1.54, 1.807) is 0 Å². The van der Waals surface area contributed by atoms with Gasteiger partial charge in [-0.3, -0.25) is 4.79 Å². The van der Waals surface area contributed by atoms with Gasteiger partial charge in [-0.1, -0.05) is 0 Å². The van der Waals surface area contributed by atoms with Gasteiger partial charge in [-0.15, -0.1) is 24.8 Å². The van der Waals surface area contributed by atoms with E-state index >= 15 is 0 Å². The smallest absolute Gasteiger partial charge is 0.227 e. The first-order valence-corrected chi connectivity index (χ1v) is 7.82. The highest BCUT2D eigenvalue weighted by Gasteiger charge is 2.40. The van der Waals surface area contributed by atoms with E-state index in [0.29, 0.717) is 31.8 Å². The highest BCUT2D eigenvalue weighted by Crippen LogP contribution is 2.30. The lowest BCUT2D eigenvalue weighted by Gasteiger charge is -2.38. The summed E-state index contributed by atoms with van der Waals surface area (Å²) in [6.45, 7) is 1.72. The first kappa shape index (κ1) is 21.9. The molecule has 1 heterocycles. The number of nitrogens with zero attached hydrogens (tertiary/aromatic N) is 1. The first-order valence-electron chi connectivity index (χ1n) is 7.82. The van der Waals surface area contributed by atoms with Crippen LogP contribution >= 0.6 is 24.8 Å². The Morgan fingerprint density at radius 2 is 1.91 bits per heavy atom. The molecule has 0 aromatic carbocycles. The summed E-state index contributed by atoms with van der Waals surface area (Å²) < 4.78 is 5.37. The molecule has 2 aliphatic rings. The molecule has 2 atom stereocenters. The number of hydrogen-bond donors (Lipinski definition) is 2. The van der Waals surface area contributed by atoms with Crippen LogP contribution in [0.4, 0.5) is 0 Å². The molecular weight excluding hydrogens is 325 g/mol. The van der Waals surface area contributed by atoms with Crippen molar-refractivity contribution < 1.29 is 9.53 Å². The molecule has 3 N–H and O–H groups in total. The van der Waals surface area contributed by atoms with Gasteiger partial charge in [-0.2, -0.15) is 0 Å². The molecule has 0 spiro atoms. The van der Waals surface area contributed by atoms with Crippen molar-refractivity contribution in [3.63, 3.8) is 0 Å². The van der Waals surface area contributed by atoms with Crippen LogP contribution in [0.25, 0.3) is 0 Å². The maximum absolute atomic E-state index is 12.6. The minimum Gasteiger partial charge on any atom is -0.381 e.